The van der Waals surface area contributed by atoms with Gasteiger partial charge in [0.2, 0.25) is 17.5 Å². The molecule has 53 heavy (non-hydrogen) atoms. The van der Waals surface area contributed by atoms with Crippen molar-refractivity contribution in [1.29, 1.82) is 0 Å². The lowest BCUT2D eigenvalue weighted by Gasteiger charge is -2.09. The Bertz CT molecular complexity index is 2560. The molecule has 0 bridgehead atoms. The van der Waals surface area contributed by atoms with Crippen molar-refractivity contribution >= 4 is 46.5 Å². The Balaban J connectivity index is 0.000000182. The molecular weight excluding hydrogens is 682 g/mol. The number of imidazole rings is 2. The summed E-state index contributed by atoms with van der Waals surface area (Å²) in [5, 5.41) is 20.0. The van der Waals surface area contributed by atoms with E-state index in [0.717, 1.165) is 24.1 Å². The lowest BCUT2D eigenvalue weighted by molar-refractivity contribution is -0.137. The standard InChI is InChI=1S/C19H23N7O2.C16H16N6O3.H2/c1-4-6-26-18(28)14-8-15(23-17(14)25-7-5-20-19(25)26)13-9-21-24(10-13)11-16(27)22-12(2)3;1-2-4-22-15(25)11-6-12(10-7-18-20(8-10)9-13(23)24)19-14(11)21-5-3-17-16(21)22;/h5,7,9-10,12H,4,6,8,11H2,1-3H3,(H,22,27);3,5,7-8H,2,4,6,9H2,1H3,(H,23,24);1H. The van der Waals surface area contributed by atoms with Gasteiger partial charge in [-0.25, -0.2) is 20.0 Å². The number of carboxylic acids is 1. The van der Waals surface area contributed by atoms with E-state index in [2.05, 4.69) is 30.5 Å². The minimum Gasteiger partial charge on any atom is -0.480 e. The normalized spacial score (nSPS) is 13.2. The van der Waals surface area contributed by atoms with Gasteiger partial charge in [-0.3, -0.25) is 46.5 Å². The van der Waals surface area contributed by atoms with Gasteiger partial charge in [-0.05, 0) is 26.7 Å². The molecule has 8 heterocycles. The maximum absolute atomic E-state index is 13.0. The Morgan fingerprint density at radius 2 is 1.26 bits per heavy atom. The fraction of sp³-hybridized carbons (Fsp3) is 0.371. The van der Waals surface area contributed by atoms with Crippen molar-refractivity contribution in [2.75, 3.05) is 0 Å². The van der Waals surface area contributed by atoms with E-state index < -0.39 is 5.97 Å². The summed E-state index contributed by atoms with van der Waals surface area (Å²) < 4.78 is 9.98. The molecule has 18 heteroatoms. The predicted octanol–water partition coefficient (Wildman–Crippen LogP) is 2.41. The fourth-order valence-electron chi connectivity index (χ4n) is 6.57. The van der Waals surface area contributed by atoms with Crippen molar-refractivity contribution in [3.05, 3.63) is 92.5 Å². The number of carbonyl (C=O) groups excluding carboxylic acids is 1. The van der Waals surface area contributed by atoms with Crippen molar-refractivity contribution in [2.24, 2.45) is 9.98 Å². The first-order valence-corrected chi connectivity index (χ1v) is 17.5. The van der Waals surface area contributed by atoms with Crippen LogP contribution in [0.25, 0.3) is 11.6 Å². The van der Waals surface area contributed by atoms with Crippen molar-refractivity contribution in [1.82, 2.24) is 52.8 Å². The quantitative estimate of drug-likeness (QED) is 0.201. The second-order valence-corrected chi connectivity index (χ2v) is 13.2. The summed E-state index contributed by atoms with van der Waals surface area (Å²) in [5.74, 6) is 1.35. The number of rotatable bonds is 11. The zero-order valence-corrected chi connectivity index (χ0v) is 29.8. The van der Waals surface area contributed by atoms with Gasteiger partial charge in [0.25, 0.3) is 11.1 Å². The largest absolute Gasteiger partial charge is 0.480 e. The van der Waals surface area contributed by atoms with Crippen molar-refractivity contribution in [3.8, 4) is 0 Å². The molecule has 0 aromatic carbocycles. The zero-order valence-electron chi connectivity index (χ0n) is 29.8. The Labute approximate surface area is 303 Å². The molecule has 18 nitrogen and oxygen atoms in total. The molecule has 1 amide bonds. The molecule has 0 spiro atoms. The Hall–Kier alpha value is -6.46. The van der Waals surface area contributed by atoms with Gasteiger partial charge in [-0.2, -0.15) is 10.2 Å². The van der Waals surface area contributed by atoms with Crippen LogP contribution in [0.3, 0.4) is 0 Å². The number of aromatic nitrogens is 10. The summed E-state index contributed by atoms with van der Waals surface area (Å²) in [4.78, 5) is 66.4. The highest BCUT2D eigenvalue weighted by Gasteiger charge is 2.27. The maximum Gasteiger partial charge on any atom is 0.325 e. The minimum atomic E-state index is -0.964. The molecular formula is C35H41N13O5. The molecule has 0 unspecified atom stereocenters. The molecule has 8 rings (SSSR count). The molecule has 2 aliphatic heterocycles. The highest BCUT2D eigenvalue weighted by molar-refractivity contribution is 6.06. The van der Waals surface area contributed by atoms with E-state index in [1.807, 2.05) is 42.7 Å². The SMILES string of the molecule is CCCn1c(=O)c2c(n3ccnc13)N=C(c1cnn(CC(=O)NC(C)C)c1)C2.CCCn1c(=O)c2c(n3ccnc13)N=C(c1cnn(CC(=O)O)c1)C2.[HH]. The Morgan fingerprint density at radius 1 is 0.792 bits per heavy atom. The Morgan fingerprint density at radius 3 is 1.70 bits per heavy atom. The van der Waals surface area contributed by atoms with Crippen LogP contribution in [0.4, 0.5) is 11.6 Å². The summed E-state index contributed by atoms with van der Waals surface area (Å²) in [6.45, 7) is 9.02. The van der Waals surface area contributed by atoms with Gasteiger partial charge in [0, 0.05) is 81.7 Å². The molecule has 0 fully saturated rings. The number of carboxylic acid groups (broad SMARTS) is 1. The van der Waals surface area contributed by atoms with Gasteiger partial charge in [0.1, 0.15) is 24.7 Å². The van der Waals surface area contributed by atoms with Crippen LogP contribution in [0.5, 0.6) is 0 Å². The number of fused-ring (bicyclic) bond motifs is 6. The van der Waals surface area contributed by atoms with Crippen LogP contribution in [0.15, 0.2) is 69.1 Å². The number of nitrogens with zero attached hydrogens (tertiary/aromatic N) is 12. The topological polar surface area (TPSA) is 205 Å². The number of hydrogen-bond donors (Lipinski definition) is 2. The van der Waals surface area contributed by atoms with E-state index in [4.69, 9.17) is 10.1 Å². The molecule has 0 radical (unpaired) electrons. The van der Waals surface area contributed by atoms with Gasteiger partial charge in [0.15, 0.2) is 0 Å². The third-order valence-corrected chi connectivity index (χ3v) is 8.78. The molecule has 0 atom stereocenters. The highest BCUT2D eigenvalue weighted by Crippen LogP contribution is 2.28. The number of amides is 1. The maximum atomic E-state index is 13.0. The molecule has 276 valence electrons. The third kappa shape index (κ3) is 6.70. The summed E-state index contributed by atoms with van der Waals surface area (Å²) in [6, 6.07) is 0.0825. The first-order chi connectivity index (χ1) is 25.6. The van der Waals surface area contributed by atoms with Gasteiger partial charge >= 0.3 is 5.97 Å². The second kappa shape index (κ2) is 14.3. The summed E-state index contributed by atoms with van der Waals surface area (Å²) in [5.41, 5.74) is 4.17. The molecule has 6 aromatic rings. The number of aliphatic imine (C=N–C) groups is 2. The van der Waals surface area contributed by atoms with E-state index >= 15 is 0 Å². The van der Waals surface area contributed by atoms with Crippen LogP contribution in [0.2, 0.25) is 0 Å². The molecule has 0 aliphatic carbocycles. The van der Waals surface area contributed by atoms with Crippen molar-refractivity contribution in [2.45, 2.75) is 85.6 Å². The molecule has 0 saturated heterocycles. The second-order valence-electron chi connectivity index (χ2n) is 13.2. The fourth-order valence-corrected chi connectivity index (χ4v) is 6.57. The number of aliphatic carboxylic acids is 1. The average Bonchev–Trinajstić information content (AvgIpc) is 3.94. The lowest BCUT2D eigenvalue weighted by Crippen LogP contribution is -2.33. The average molecular weight is 724 g/mol. The van der Waals surface area contributed by atoms with Gasteiger partial charge in [0.05, 0.1) is 34.9 Å². The van der Waals surface area contributed by atoms with Crippen LogP contribution in [0, 0.1) is 0 Å². The number of nitrogens with one attached hydrogen (secondary N) is 1. The van der Waals surface area contributed by atoms with E-state index in [9.17, 15) is 19.2 Å². The van der Waals surface area contributed by atoms with E-state index in [1.165, 1.54) is 4.68 Å². The Kier molecular flexibility index (Phi) is 9.42. The zero-order chi connectivity index (χ0) is 37.4. The summed E-state index contributed by atoms with van der Waals surface area (Å²) in [6.07, 6.45) is 16.1. The number of aryl methyl sites for hydroxylation is 2. The van der Waals surface area contributed by atoms with Crippen molar-refractivity contribution in [3.63, 3.8) is 0 Å². The molecule has 2 N–H and O–H groups in total. The summed E-state index contributed by atoms with van der Waals surface area (Å²) in [7, 11) is 0. The van der Waals surface area contributed by atoms with Gasteiger partial charge in [-0.15, -0.1) is 0 Å². The van der Waals surface area contributed by atoms with Gasteiger partial charge < -0.3 is 10.4 Å². The first-order valence-electron chi connectivity index (χ1n) is 17.5. The number of hydrogen-bond acceptors (Lipinski definition) is 10. The van der Waals surface area contributed by atoms with Gasteiger partial charge in [-0.1, -0.05) is 13.8 Å². The molecule has 0 saturated carbocycles. The predicted molar refractivity (Wildman–Crippen MR) is 197 cm³/mol. The van der Waals surface area contributed by atoms with Crippen LogP contribution in [-0.2, 0) is 48.6 Å². The first kappa shape index (κ1) is 35.0. The smallest absolute Gasteiger partial charge is 0.325 e. The van der Waals surface area contributed by atoms with E-state index in [1.54, 1.807) is 57.2 Å². The van der Waals surface area contributed by atoms with E-state index in [0.29, 0.717) is 71.5 Å². The lowest BCUT2D eigenvalue weighted by atomic mass is 10.1. The van der Waals surface area contributed by atoms with Crippen molar-refractivity contribution < 1.29 is 16.1 Å². The third-order valence-electron chi connectivity index (χ3n) is 8.78. The van der Waals surface area contributed by atoms with Crippen LogP contribution < -0.4 is 16.4 Å². The summed E-state index contributed by atoms with van der Waals surface area (Å²) >= 11 is 0. The van der Waals surface area contributed by atoms with E-state index in [-0.39, 0.29) is 37.6 Å². The monoisotopic (exact) mass is 723 g/mol. The number of carbonyl (C=O) groups is 2. The van der Waals surface area contributed by atoms with Crippen LogP contribution in [-0.4, -0.2) is 81.9 Å². The van der Waals surface area contributed by atoms with Crippen LogP contribution >= 0.6 is 0 Å². The van der Waals surface area contributed by atoms with Crippen LogP contribution in [0.1, 0.15) is 64.2 Å². The molecule has 2 aliphatic rings. The minimum absolute atomic E-state index is 0. The molecule has 6 aromatic heterocycles. The highest BCUT2D eigenvalue weighted by atomic mass is 16.4.